The average Bonchev–Trinajstić information content (AvgIpc) is 2.47. The van der Waals surface area contributed by atoms with Gasteiger partial charge in [0.15, 0.2) is 0 Å². The van der Waals surface area contributed by atoms with Gasteiger partial charge in [0.2, 0.25) is 0 Å². The molecule has 0 aliphatic carbocycles. The Balaban J connectivity index is 2.63. The summed E-state index contributed by atoms with van der Waals surface area (Å²) in [6, 6.07) is 7.55. The van der Waals surface area contributed by atoms with Crippen molar-refractivity contribution in [3.05, 3.63) is 41.5 Å². The van der Waals surface area contributed by atoms with Crippen LogP contribution in [0, 0.1) is 5.92 Å². The first-order valence-corrected chi connectivity index (χ1v) is 7.30. The van der Waals surface area contributed by atoms with Gasteiger partial charge in [-0.25, -0.2) is 0 Å². The minimum Gasteiger partial charge on any atom is -0.480 e. The molecule has 0 bridgehead atoms. The van der Waals surface area contributed by atoms with Crippen molar-refractivity contribution in [2.45, 2.75) is 39.7 Å². The molecule has 0 aliphatic heterocycles. The molecule has 3 nitrogen and oxygen atoms in total. The number of nitrogens with one attached hydrogen (secondary N) is 1. The van der Waals surface area contributed by atoms with Gasteiger partial charge in [-0.3, -0.25) is 4.79 Å². The van der Waals surface area contributed by atoms with E-state index in [0.29, 0.717) is 12.5 Å². The van der Waals surface area contributed by atoms with Crippen molar-refractivity contribution in [2.75, 3.05) is 6.54 Å². The van der Waals surface area contributed by atoms with Crippen LogP contribution >= 0.6 is 0 Å². The summed E-state index contributed by atoms with van der Waals surface area (Å²) >= 11 is 0. The first-order chi connectivity index (χ1) is 9.56. The molecule has 0 saturated carbocycles. The Morgan fingerprint density at radius 1 is 1.30 bits per heavy atom. The highest BCUT2D eigenvalue weighted by molar-refractivity contribution is 5.77. The molecule has 1 aromatic rings. The van der Waals surface area contributed by atoms with E-state index < -0.39 is 12.0 Å². The van der Waals surface area contributed by atoms with Crippen LogP contribution in [0.15, 0.2) is 30.3 Å². The first-order valence-electron chi connectivity index (χ1n) is 7.30. The van der Waals surface area contributed by atoms with Gasteiger partial charge in [0.05, 0.1) is 0 Å². The minimum atomic E-state index is -0.838. The van der Waals surface area contributed by atoms with E-state index >= 15 is 0 Å². The predicted molar refractivity (Wildman–Crippen MR) is 83.7 cm³/mol. The molecule has 0 fully saturated rings. The lowest BCUT2D eigenvalue weighted by Gasteiger charge is -2.14. The number of hydrogen-bond donors (Lipinski definition) is 2. The highest BCUT2D eigenvalue weighted by atomic mass is 16.4. The zero-order valence-electron chi connectivity index (χ0n) is 12.6. The summed E-state index contributed by atoms with van der Waals surface area (Å²) in [5, 5.41) is 12.3. The number of carbonyl (C=O) groups is 1. The van der Waals surface area contributed by atoms with E-state index in [4.69, 9.17) is 0 Å². The number of carboxylic acids is 1. The summed E-state index contributed by atoms with van der Waals surface area (Å²) in [5.74, 6) is -0.358. The molecule has 1 rings (SSSR count). The molecule has 2 unspecified atom stereocenters. The van der Waals surface area contributed by atoms with E-state index in [1.54, 1.807) is 6.08 Å². The summed E-state index contributed by atoms with van der Waals surface area (Å²) in [6.07, 6.45) is 5.63. The topological polar surface area (TPSA) is 49.3 Å². The lowest BCUT2D eigenvalue weighted by molar-refractivity contribution is -0.138. The number of aliphatic carboxylic acids is 1. The maximum atomic E-state index is 11.2. The van der Waals surface area contributed by atoms with Gasteiger partial charge in [0.25, 0.3) is 0 Å². The van der Waals surface area contributed by atoms with Crippen LogP contribution in [0.2, 0.25) is 0 Å². The second-order valence-corrected chi connectivity index (χ2v) is 5.19. The summed E-state index contributed by atoms with van der Waals surface area (Å²) in [4.78, 5) is 11.2. The van der Waals surface area contributed by atoms with Crippen LogP contribution in [0.25, 0.3) is 6.08 Å². The smallest absolute Gasteiger partial charge is 0.324 e. The van der Waals surface area contributed by atoms with E-state index in [1.165, 1.54) is 5.56 Å². The van der Waals surface area contributed by atoms with Crippen molar-refractivity contribution in [3.8, 4) is 0 Å². The zero-order chi connectivity index (χ0) is 15.0. The zero-order valence-corrected chi connectivity index (χ0v) is 12.6. The van der Waals surface area contributed by atoms with Gasteiger partial charge >= 0.3 is 5.97 Å². The third kappa shape index (κ3) is 5.57. The first kappa shape index (κ1) is 16.4. The molecule has 110 valence electrons. The fourth-order valence-corrected chi connectivity index (χ4v) is 1.78. The maximum Gasteiger partial charge on any atom is 0.324 e. The Bertz CT molecular complexity index is 437. The molecule has 20 heavy (non-hydrogen) atoms. The lowest BCUT2D eigenvalue weighted by Crippen LogP contribution is -2.37. The molecule has 2 atom stereocenters. The Labute approximate surface area is 121 Å². The van der Waals surface area contributed by atoms with Crippen molar-refractivity contribution in [3.63, 3.8) is 0 Å². The number of aryl methyl sites for hydroxylation is 1. The van der Waals surface area contributed by atoms with Gasteiger partial charge in [-0.1, -0.05) is 63.6 Å². The Hall–Kier alpha value is -1.61. The van der Waals surface area contributed by atoms with Gasteiger partial charge in [0, 0.05) is 0 Å². The lowest BCUT2D eigenvalue weighted by atomic mass is 10.1. The molecule has 0 aliphatic rings. The second kappa shape index (κ2) is 8.54. The highest BCUT2D eigenvalue weighted by Gasteiger charge is 2.13. The van der Waals surface area contributed by atoms with Gasteiger partial charge in [-0.2, -0.15) is 0 Å². The predicted octanol–water partition coefficient (Wildman–Crippen LogP) is 3.35. The molecular formula is C17H25NO2. The highest BCUT2D eigenvalue weighted by Crippen LogP contribution is 2.07. The van der Waals surface area contributed by atoms with Crippen LogP contribution in [0.3, 0.4) is 0 Å². The molecule has 0 heterocycles. The van der Waals surface area contributed by atoms with Gasteiger partial charge in [-0.05, 0) is 30.0 Å². The van der Waals surface area contributed by atoms with Crippen LogP contribution in [0.1, 0.15) is 38.3 Å². The normalized spacial score (nSPS) is 14.3. The molecule has 3 heteroatoms. The summed E-state index contributed by atoms with van der Waals surface area (Å²) in [6.45, 7) is 7.04. The number of rotatable bonds is 8. The van der Waals surface area contributed by atoms with Crippen molar-refractivity contribution in [2.24, 2.45) is 5.92 Å². The fourth-order valence-electron chi connectivity index (χ4n) is 1.78. The Morgan fingerprint density at radius 2 is 1.95 bits per heavy atom. The van der Waals surface area contributed by atoms with Gasteiger partial charge in [0.1, 0.15) is 6.04 Å². The third-order valence-electron chi connectivity index (χ3n) is 3.52. The number of hydrogen-bond acceptors (Lipinski definition) is 2. The standard InChI is InChI=1S/C17H25NO2/c1-4-13(3)12-18-16(17(19)20)11-10-15-8-6-14(5-2)7-9-15/h6-11,13,16,18H,4-5,12H2,1-3H3,(H,19,20)/b11-10+. The summed E-state index contributed by atoms with van der Waals surface area (Å²) in [7, 11) is 0. The third-order valence-corrected chi connectivity index (χ3v) is 3.52. The molecule has 2 N–H and O–H groups in total. The van der Waals surface area contributed by atoms with E-state index in [0.717, 1.165) is 18.4 Å². The summed E-state index contributed by atoms with van der Waals surface area (Å²) in [5.41, 5.74) is 2.31. The number of carboxylic acid groups (broad SMARTS) is 1. The SMILES string of the molecule is CCc1ccc(/C=C/C(NCC(C)CC)C(=O)O)cc1. The van der Waals surface area contributed by atoms with Crippen LogP contribution < -0.4 is 5.32 Å². The fraction of sp³-hybridized carbons (Fsp3) is 0.471. The van der Waals surface area contributed by atoms with E-state index in [9.17, 15) is 9.90 Å². The van der Waals surface area contributed by atoms with Crippen LogP contribution in [0.4, 0.5) is 0 Å². The molecule has 1 aromatic carbocycles. The Kier molecular flexibility index (Phi) is 7.02. The van der Waals surface area contributed by atoms with E-state index in [1.807, 2.05) is 18.2 Å². The van der Waals surface area contributed by atoms with Crippen LogP contribution in [0.5, 0.6) is 0 Å². The van der Waals surface area contributed by atoms with Crippen molar-refractivity contribution in [1.29, 1.82) is 0 Å². The molecule has 0 radical (unpaired) electrons. The monoisotopic (exact) mass is 275 g/mol. The Morgan fingerprint density at radius 3 is 2.45 bits per heavy atom. The average molecular weight is 275 g/mol. The van der Waals surface area contributed by atoms with Gasteiger partial charge < -0.3 is 10.4 Å². The van der Waals surface area contributed by atoms with Crippen molar-refractivity contribution < 1.29 is 9.90 Å². The largest absolute Gasteiger partial charge is 0.480 e. The van der Waals surface area contributed by atoms with Crippen LogP contribution in [-0.2, 0) is 11.2 Å². The minimum absolute atomic E-state index is 0.481. The molecule has 0 saturated heterocycles. The molecule has 0 amide bonds. The molecule has 0 aromatic heterocycles. The van der Waals surface area contributed by atoms with E-state index in [2.05, 4.69) is 38.2 Å². The van der Waals surface area contributed by atoms with E-state index in [-0.39, 0.29) is 0 Å². The molecular weight excluding hydrogens is 250 g/mol. The summed E-state index contributed by atoms with van der Waals surface area (Å²) < 4.78 is 0. The maximum absolute atomic E-state index is 11.2. The number of benzene rings is 1. The second-order valence-electron chi connectivity index (χ2n) is 5.19. The van der Waals surface area contributed by atoms with Crippen molar-refractivity contribution in [1.82, 2.24) is 5.32 Å². The van der Waals surface area contributed by atoms with Gasteiger partial charge in [-0.15, -0.1) is 0 Å². The van der Waals surface area contributed by atoms with Crippen molar-refractivity contribution >= 4 is 12.0 Å². The molecule has 0 spiro atoms. The van der Waals surface area contributed by atoms with Crippen LogP contribution in [-0.4, -0.2) is 23.7 Å². The quantitative estimate of drug-likeness (QED) is 0.765.